The molecule has 2 aromatic rings. The van der Waals surface area contributed by atoms with Crippen LogP contribution in [-0.4, -0.2) is 25.7 Å². The lowest BCUT2D eigenvalue weighted by molar-refractivity contribution is 0.350. The van der Waals surface area contributed by atoms with Gasteiger partial charge in [0.25, 0.3) is 0 Å². The van der Waals surface area contributed by atoms with Crippen LogP contribution in [-0.2, 0) is 13.0 Å². The molecule has 3 heteroatoms. The van der Waals surface area contributed by atoms with Crippen molar-refractivity contribution in [2.24, 2.45) is 0 Å². The predicted molar refractivity (Wildman–Crippen MR) is 89.1 cm³/mol. The Morgan fingerprint density at radius 3 is 2.64 bits per heavy atom. The van der Waals surface area contributed by atoms with Crippen molar-refractivity contribution in [3.05, 3.63) is 65.4 Å². The lowest BCUT2D eigenvalue weighted by atomic mass is 10.1. The molecule has 114 valence electrons. The van der Waals surface area contributed by atoms with Crippen molar-refractivity contribution < 1.29 is 9.47 Å². The van der Waals surface area contributed by atoms with Crippen LogP contribution in [0.4, 0.5) is 0 Å². The molecule has 1 aliphatic heterocycles. The quantitative estimate of drug-likeness (QED) is 0.858. The average molecular weight is 295 g/mol. The van der Waals surface area contributed by atoms with Crippen molar-refractivity contribution in [1.82, 2.24) is 4.90 Å². The van der Waals surface area contributed by atoms with E-state index < -0.39 is 0 Å². The number of hydrogen-bond acceptors (Lipinski definition) is 3. The maximum Gasteiger partial charge on any atom is 0.161 e. The third-order valence-corrected chi connectivity index (χ3v) is 4.02. The normalized spacial score (nSPS) is 13.5. The molecule has 0 radical (unpaired) electrons. The smallest absolute Gasteiger partial charge is 0.161 e. The summed E-state index contributed by atoms with van der Waals surface area (Å²) in [5.41, 5.74) is 3.94. The minimum atomic E-state index is 0.769. The van der Waals surface area contributed by atoms with Crippen LogP contribution in [0.2, 0.25) is 0 Å². The maximum absolute atomic E-state index is 5.38. The molecule has 0 aliphatic carbocycles. The van der Waals surface area contributed by atoms with Gasteiger partial charge in [0.1, 0.15) is 0 Å². The Morgan fingerprint density at radius 1 is 1.00 bits per heavy atom. The summed E-state index contributed by atoms with van der Waals surface area (Å²) in [6, 6.07) is 14.7. The number of nitrogens with zero attached hydrogens (tertiary/aromatic N) is 1. The summed E-state index contributed by atoms with van der Waals surface area (Å²) in [7, 11) is 3.33. The van der Waals surface area contributed by atoms with Crippen LogP contribution in [0.15, 0.2) is 48.7 Å². The molecule has 0 atom stereocenters. The minimum absolute atomic E-state index is 0.769. The van der Waals surface area contributed by atoms with Gasteiger partial charge in [-0.2, -0.15) is 0 Å². The Morgan fingerprint density at radius 2 is 1.82 bits per heavy atom. The molecule has 3 rings (SSSR count). The molecule has 0 aromatic heterocycles. The van der Waals surface area contributed by atoms with Crippen LogP contribution in [0.25, 0.3) is 6.08 Å². The number of ether oxygens (including phenoxy) is 2. The van der Waals surface area contributed by atoms with Gasteiger partial charge in [-0.25, -0.2) is 0 Å². The van der Waals surface area contributed by atoms with E-state index in [0.717, 1.165) is 31.0 Å². The molecular formula is C19H21NO2. The largest absolute Gasteiger partial charge is 0.493 e. The molecule has 0 bridgehead atoms. The molecule has 0 spiro atoms. The highest BCUT2D eigenvalue weighted by Crippen LogP contribution is 2.28. The van der Waals surface area contributed by atoms with Crippen LogP contribution >= 0.6 is 0 Å². The predicted octanol–water partition coefficient (Wildman–Crippen LogP) is 3.73. The zero-order chi connectivity index (χ0) is 15.4. The Hall–Kier alpha value is -2.42. The SMILES string of the molecule is COc1ccc(CN2C=Cc3ccccc3CC2)cc1OC. The standard InChI is InChI=1S/C19H21NO2/c1-21-18-8-7-15(13-19(18)22-2)14-20-11-9-16-5-3-4-6-17(16)10-12-20/h3-9,11,13H,10,12,14H2,1-2H3. The molecule has 0 fully saturated rings. The molecule has 22 heavy (non-hydrogen) atoms. The topological polar surface area (TPSA) is 21.7 Å². The van der Waals surface area contributed by atoms with E-state index >= 15 is 0 Å². The van der Waals surface area contributed by atoms with E-state index in [0.29, 0.717) is 0 Å². The molecule has 1 heterocycles. The number of methoxy groups -OCH3 is 2. The van der Waals surface area contributed by atoms with Crippen molar-refractivity contribution >= 4 is 6.08 Å². The Balaban J connectivity index is 1.75. The van der Waals surface area contributed by atoms with Gasteiger partial charge in [0, 0.05) is 13.1 Å². The molecule has 0 saturated heterocycles. The van der Waals surface area contributed by atoms with E-state index in [4.69, 9.17) is 9.47 Å². The van der Waals surface area contributed by atoms with Crippen LogP contribution in [0.1, 0.15) is 16.7 Å². The number of benzene rings is 2. The van der Waals surface area contributed by atoms with E-state index in [2.05, 4.69) is 47.5 Å². The van der Waals surface area contributed by atoms with Gasteiger partial charge in [0.2, 0.25) is 0 Å². The first kappa shape index (κ1) is 14.5. The number of fused-ring (bicyclic) bond motifs is 1. The van der Waals surface area contributed by atoms with Gasteiger partial charge in [0.15, 0.2) is 11.5 Å². The molecule has 0 saturated carbocycles. The summed E-state index contributed by atoms with van der Waals surface area (Å²) in [4.78, 5) is 2.33. The van der Waals surface area contributed by atoms with Crippen molar-refractivity contribution in [3.63, 3.8) is 0 Å². The fourth-order valence-corrected chi connectivity index (χ4v) is 2.79. The van der Waals surface area contributed by atoms with Gasteiger partial charge in [-0.05, 0) is 47.5 Å². The van der Waals surface area contributed by atoms with Crippen molar-refractivity contribution in [2.45, 2.75) is 13.0 Å². The fraction of sp³-hybridized carbons (Fsp3) is 0.263. The van der Waals surface area contributed by atoms with E-state index in [1.165, 1.54) is 16.7 Å². The zero-order valence-corrected chi connectivity index (χ0v) is 13.1. The molecule has 0 unspecified atom stereocenters. The third kappa shape index (κ3) is 3.08. The molecule has 3 nitrogen and oxygen atoms in total. The Labute approximate surface area is 131 Å². The maximum atomic E-state index is 5.38. The second-order valence-electron chi connectivity index (χ2n) is 5.42. The zero-order valence-electron chi connectivity index (χ0n) is 13.1. The molecule has 0 N–H and O–H groups in total. The lowest BCUT2D eigenvalue weighted by Crippen LogP contribution is -2.18. The second kappa shape index (κ2) is 6.56. The van der Waals surface area contributed by atoms with Gasteiger partial charge in [-0.1, -0.05) is 30.3 Å². The molecule has 2 aromatic carbocycles. The summed E-state index contributed by atoms with van der Waals surface area (Å²) in [5, 5.41) is 0. The highest BCUT2D eigenvalue weighted by atomic mass is 16.5. The highest BCUT2D eigenvalue weighted by molar-refractivity contribution is 5.54. The van der Waals surface area contributed by atoms with Crippen molar-refractivity contribution in [1.29, 1.82) is 0 Å². The number of rotatable bonds is 4. The highest BCUT2D eigenvalue weighted by Gasteiger charge is 2.10. The van der Waals surface area contributed by atoms with Crippen molar-refractivity contribution in [2.75, 3.05) is 20.8 Å². The van der Waals surface area contributed by atoms with E-state index in [1.807, 2.05) is 12.1 Å². The minimum Gasteiger partial charge on any atom is -0.493 e. The van der Waals surface area contributed by atoms with E-state index in [-0.39, 0.29) is 0 Å². The first-order valence-electron chi connectivity index (χ1n) is 7.51. The van der Waals surface area contributed by atoms with Gasteiger partial charge >= 0.3 is 0 Å². The lowest BCUT2D eigenvalue weighted by Gasteiger charge is -2.20. The van der Waals surface area contributed by atoms with Gasteiger partial charge in [0.05, 0.1) is 14.2 Å². The van der Waals surface area contributed by atoms with E-state index in [1.54, 1.807) is 14.2 Å². The van der Waals surface area contributed by atoms with E-state index in [9.17, 15) is 0 Å². The first-order chi connectivity index (χ1) is 10.8. The van der Waals surface area contributed by atoms with Crippen LogP contribution in [0.5, 0.6) is 11.5 Å². The third-order valence-electron chi connectivity index (χ3n) is 4.02. The number of hydrogen-bond donors (Lipinski definition) is 0. The average Bonchev–Trinajstić information content (AvgIpc) is 2.77. The Bertz CT molecular complexity index is 679. The van der Waals surface area contributed by atoms with Crippen molar-refractivity contribution in [3.8, 4) is 11.5 Å². The monoisotopic (exact) mass is 295 g/mol. The van der Waals surface area contributed by atoms with Crippen LogP contribution in [0, 0.1) is 0 Å². The Kier molecular flexibility index (Phi) is 4.33. The summed E-state index contributed by atoms with van der Waals surface area (Å²) in [6.07, 6.45) is 5.45. The first-order valence-corrected chi connectivity index (χ1v) is 7.51. The summed E-state index contributed by atoms with van der Waals surface area (Å²) in [5.74, 6) is 1.55. The summed E-state index contributed by atoms with van der Waals surface area (Å²) < 4.78 is 10.7. The fourth-order valence-electron chi connectivity index (χ4n) is 2.79. The summed E-state index contributed by atoms with van der Waals surface area (Å²) >= 11 is 0. The van der Waals surface area contributed by atoms with Crippen LogP contribution < -0.4 is 9.47 Å². The molecule has 0 amide bonds. The van der Waals surface area contributed by atoms with Gasteiger partial charge in [-0.15, -0.1) is 0 Å². The summed E-state index contributed by atoms with van der Waals surface area (Å²) in [6.45, 7) is 1.88. The second-order valence-corrected chi connectivity index (χ2v) is 5.42. The van der Waals surface area contributed by atoms with Crippen LogP contribution in [0.3, 0.4) is 0 Å². The van der Waals surface area contributed by atoms with Gasteiger partial charge < -0.3 is 14.4 Å². The molecule has 1 aliphatic rings. The molecular weight excluding hydrogens is 274 g/mol. The van der Waals surface area contributed by atoms with Gasteiger partial charge in [-0.3, -0.25) is 0 Å².